The summed E-state index contributed by atoms with van der Waals surface area (Å²) in [5.41, 5.74) is 7.49. The number of nitriles is 2. The second-order valence-electron chi connectivity index (χ2n) is 4.18. The van der Waals surface area contributed by atoms with Crippen molar-refractivity contribution in [3.63, 3.8) is 0 Å². The van der Waals surface area contributed by atoms with E-state index in [-0.39, 0.29) is 22.6 Å². The molecule has 0 amide bonds. The number of nitrogens with one attached hydrogen (secondary N) is 1. The Bertz CT molecular complexity index is 774. The molecule has 2 aromatic rings. The van der Waals surface area contributed by atoms with Gasteiger partial charge >= 0.3 is 0 Å². The number of ether oxygens (including phenoxy) is 1. The van der Waals surface area contributed by atoms with Crippen molar-refractivity contribution in [1.82, 2.24) is 0 Å². The number of anilines is 3. The van der Waals surface area contributed by atoms with Crippen molar-refractivity contribution in [3.05, 3.63) is 47.3 Å². The highest BCUT2D eigenvalue weighted by Crippen LogP contribution is 2.30. The molecule has 0 bridgehead atoms. The number of nitrogens with two attached hydrogens (primary N) is 1. The van der Waals surface area contributed by atoms with Gasteiger partial charge in [-0.1, -0.05) is 0 Å². The summed E-state index contributed by atoms with van der Waals surface area (Å²) in [6.07, 6.45) is 0. The molecule has 2 aromatic carbocycles. The molecule has 0 aromatic heterocycles. The van der Waals surface area contributed by atoms with Crippen LogP contribution < -0.4 is 15.8 Å². The van der Waals surface area contributed by atoms with E-state index in [0.717, 1.165) is 6.07 Å². The Hall–Kier alpha value is -3.25. The van der Waals surface area contributed by atoms with E-state index in [9.17, 15) is 4.39 Å². The molecule has 3 N–H and O–H groups in total. The Balaban J connectivity index is 2.39. The number of rotatable bonds is 3. The molecule has 0 spiro atoms. The van der Waals surface area contributed by atoms with Gasteiger partial charge in [0.15, 0.2) is 11.6 Å². The minimum atomic E-state index is -0.557. The van der Waals surface area contributed by atoms with Crippen molar-refractivity contribution in [3.8, 4) is 17.9 Å². The highest BCUT2D eigenvalue weighted by atomic mass is 19.1. The Morgan fingerprint density at radius 1 is 1.14 bits per heavy atom. The van der Waals surface area contributed by atoms with Crippen LogP contribution in [0.1, 0.15) is 11.1 Å². The number of nitrogens with zero attached hydrogens (tertiary/aromatic N) is 2. The zero-order valence-corrected chi connectivity index (χ0v) is 11.1. The van der Waals surface area contributed by atoms with Crippen LogP contribution in [0.4, 0.5) is 21.5 Å². The van der Waals surface area contributed by atoms with E-state index in [1.54, 1.807) is 6.07 Å². The first-order valence-electron chi connectivity index (χ1n) is 5.93. The summed E-state index contributed by atoms with van der Waals surface area (Å²) in [5.74, 6) is -0.501. The largest absolute Gasteiger partial charge is 0.494 e. The number of nitrogen functional groups attached to an aromatic ring is 1. The molecular weight excluding hydrogens is 271 g/mol. The summed E-state index contributed by atoms with van der Waals surface area (Å²) in [5, 5.41) is 20.8. The number of hydrogen-bond acceptors (Lipinski definition) is 5. The van der Waals surface area contributed by atoms with Crippen LogP contribution in [0.5, 0.6) is 5.75 Å². The van der Waals surface area contributed by atoms with Crippen LogP contribution in [0.2, 0.25) is 0 Å². The van der Waals surface area contributed by atoms with Crippen LogP contribution >= 0.6 is 0 Å². The van der Waals surface area contributed by atoms with E-state index in [1.165, 1.54) is 25.3 Å². The van der Waals surface area contributed by atoms with Crippen molar-refractivity contribution >= 4 is 17.1 Å². The van der Waals surface area contributed by atoms with Gasteiger partial charge in [-0.2, -0.15) is 10.5 Å². The van der Waals surface area contributed by atoms with Crippen LogP contribution in [0, 0.1) is 28.5 Å². The highest BCUT2D eigenvalue weighted by molar-refractivity contribution is 5.75. The molecule has 0 radical (unpaired) electrons. The summed E-state index contributed by atoms with van der Waals surface area (Å²) in [4.78, 5) is 0. The molecule has 6 heteroatoms. The van der Waals surface area contributed by atoms with Crippen molar-refractivity contribution in [1.29, 1.82) is 10.5 Å². The quantitative estimate of drug-likeness (QED) is 0.844. The van der Waals surface area contributed by atoms with Gasteiger partial charge in [0.2, 0.25) is 0 Å². The lowest BCUT2D eigenvalue weighted by atomic mass is 10.1. The molecule has 0 aliphatic carbocycles. The van der Waals surface area contributed by atoms with Crippen LogP contribution in [-0.2, 0) is 0 Å². The zero-order valence-electron chi connectivity index (χ0n) is 11.1. The number of halogens is 1. The monoisotopic (exact) mass is 282 g/mol. The SMILES string of the molecule is COc1cc(Nc2ccc(C#N)c(C#N)c2)c(N)cc1F. The first-order valence-corrected chi connectivity index (χ1v) is 5.93. The Morgan fingerprint density at radius 2 is 1.86 bits per heavy atom. The normalized spacial score (nSPS) is 9.52. The van der Waals surface area contributed by atoms with Crippen molar-refractivity contribution < 1.29 is 9.13 Å². The average molecular weight is 282 g/mol. The first-order chi connectivity index (χ1) is 10.1. The van der Waals surface area contributed by atoms with Crippen molar-refractivity contribution in [2.45, 2.75) is 0 Å². The summed E-state index contributed by atoms with van der Waals surface area (Å²) >= 11 is 0. The van der Waals surface area contributed by atoms with Crippen LogP contribution in [-0.4, -0.2) is 7.11 Å². The fourth-order valence-electron chi connectivity index (χ4n) is 1.80. The third-order valence-corrected chi connectivity index (χ3v) is 2.86. The van der Waals surface area contributed by atoms with Crippen LogP contribution in [0.15, 0.2) is 30.3 Å². The molecule has 0 aliphatic rings. The van der Waals surface area contributed by atoms with E-state index in [2.05, 4.69) is 5.32 Å². The molecule has 104 valence electrons. The molecule has 0 saturated carbocycles. The minimum Gasteiger partial charge on any atom is -0.494 e. The lowest BCUT2D eigenvalue weighted by molar-refractivity contribution is 0.387. The third kappa shape index (κ3) is 2.85. The fourth-order valence-corrected chi connectivity index (χ4v) is 1.80. The summed E-state index contributed by atoms with van der Waals surface area (Å²) in [6, 6.07) is 11.1. The number of methoxy groups -OCH3 is 1. The smallest absolute Gasteiger partial charge is 0.167 e. The molecule has 0 saturated heterocycles. The van der Waals surface area contributed by atoms with Gasteiger partial charge in [-0.3, -0.25) is 0 Å². The number of hydrogen-bond donors (Lipinski definition) is 2. The molecule has 0 heterocycles. The van der Waals surface area contributed by atoms with E-state index in [0.29, 0.717) is 11.4 Å². The van der Waals surface area contributed by atoms with Gasteiger partial charge in [-0.15, -0.1) is 0 Å². The summed E-state index contributed by atoms with van der Waals surface area (Å²) in [7, 11) is 1.36. The highest BCUT2D eigenvalue weighted by Gasteiger charge is 2.09. The Morgan fingerprint density at radius 3 is 2.48 bits per heavy atom. The molecule has 0 aliphatic heterocycles. The zero-order chi connectivity index (χ0) is 15.4. The number of benzene rings is 2. The topological polar surface area (TPSA) is 94.9 Å². The maximum Gasteiger partial charge on any atom is 0.167 e. The fraction of sp³-hybridized carbons (Fsp3) is 0.0667. The minimum absolute atomic E-state index is 0.0563. The lowest BCUT2D eigenvalue weighted by Gasteiger charge is -2.12. The second-order valence-corrected chi connectivity index (χ2v) is 4.18. The molecule has 21 heavy (non-hydrogen) atoms. The van der Waals surface area contributed by atoms with E-state index in [4.69, 9.17) is 21.0 Å². The van der Waals surface area contributed by atoms with E-state index >= 15 is 0 Å². The Kier molecular flexibility index (Phi) is 3.92. The maximum absolute atomic E-state index is 13.5. The third-order valence-electron chi connectivity index (χ3n) is 2.86. The average Bonchev–Trinajstić information content (AvgIpc) is 2.49. The predicted molar refractivity (Wildman–Crippen MR) is 76.5 cm³/mol. The van der Waals surface area contributed by atoms with E-state index in [1.807, 2.05) is 12.1 Å². The van der Waals surface area contributed by atoms with Gasteiger partial charge in [0.1, 0.15) is 12.1 Å². The maximum atomic E-state index is 13.5. The summed E-state index contributed by atoms with van der Waals surface area (Å²) < 4.78 is 18.4. The predicted octanol–water partition coefficient (Wildman–Crippen LogP) is 2.90. The van der Waals surface area contributed by atoms with Gasteiger partial charge < -0.3 is 15.8 Å². The molecule has 2 rings (SSSR count). The van der Waals surface area contributed by atoms with Gasteiger partial charge in [0, 0.05) is 17.8 Å². The first kappa shape index (κ1) is 14.2. The van der Waals surface area contributed by atoms with Crippen molar-refractivity contribution in [2.24, 2.45) is 0 Å². The molecular formula is C15H11FN4O. The molecule has 0 fully saturated rings. The van der Waals surface area contributed by atoms with Gasteiger partial charge in [-0.05, 0) is 18.2 Å². The van der Waals surface area contributed by atoms with Crippen LogP contribution in [0.3, 0.4) is 0 Å². The lowest BCUT2D eigenvalue weighted by Crippen LogP contribution is -2.00. The second kappa shape index (κ2) is 5.81. The molecule has 0 unspecified atom stereocenters. The van der Waals surface area contributed by atoms with Gasteiger partial charge in [0.05, 0.1) is 29.6 Å². The van der Waals surface area contributed by atoms with Crippen LogP contribution in [0.25, 0.3) is 0 Å². The molecule has 0 atom stereocenters. The standard InChI is InChI=1S/C15H11FN4O/c1-21-15-6-14(13(19)5-12(15)16)20-11-3-2-9(7-17)10(4-11)8-18/h2-6,20H,19H2,1H3. The van der Waals surface area contributed by atoms with Crippen molar-refractivity contribution in [2.75, 3.05) is 18.2 Å². The molecule has 5 nitrogen and oxygen atoms in total. The van der Waals surface area contributed by atoms with E-state index < -0.39 is 5.82 Å². The van der Waals surface area contributed by atoms with Gasteiger partial charge in [0.25, 0.3) is 0 Å². The summed E-state index contributed by atoms with van der Waals surface area (Å²) in [6.45, 7) is 0. The Labute approximate surface area is 121 Å². The van der Waals surface area contributed by atoms with Gasteiger partial charge in [-0.25, -0.2) is 4.39 Å².